The first kappa shape index (κ1) is 17.1. The first-order chi connectivity index (χ1) is 9.26. The van der Waals surface area contributed by atoms with Crippen molar-refractivity contribution in [2.45, 2.75) is 60.4 Å². The molecule has 3 nitrogen and oxygen atoms in total. The molecule has 0 aliphatic carbocycles. The van der Waals surface area contributed by atoms with Crippen LogP contribution in [-0.2, 0) is 0 Å². The van der Waals surface area contributed by atoms with Crippen molar-refractivity contribution in [2.24, 2.45) is 5.41 Å². The molecule has 0 amide bonds. The Morgan fingerprint density at radius 1 is 1.30 bits per heavy atom. The highest BCUT2D eigenvalue weighted by molar-refractivity contribution is 5.33. The maximum absolute atomic E-state index is 8.96. The van der Waals surface area contributed by atoms with Crippen molar-refractivity contribution in [3.63, 3.8) is 0 Å². The molecule has 114 valence electrons. The fraction of sp³-hybridized carbons (Fsp3) is 0.706. The molecule has 0 aromatic carbocycles. The zero-order chi connectivity index (χ0) is 15.3. The summed E-state index contributed by atoms with van der Waals surface area (Å²) in [5.74, 6) is 0. The Balaban J connectivity index is 2.70. The summed E-state index contributed by atoms with van der Waals surface area (Å²) in [6.07, 6.45) is 1.90. The second-order valence-electron chi connectivity index (χ2n) is 6.67. The summed E-state index contributed by atoms with van der Waals surface area (Å²) >= 11 is 0. The minimum Gasteiger partial charge on any atom is -0.396 e. The van der Waals surface area contributed by atoms with Crippen molar-refractivity contribution >= 4 is 0 Å². The highest BCUT2D eigenvalue weighted by Gasteiger charge is 2.20. The average molecular weight is 278 g/mol. The van der Waals surface area contributed by atoms with E-state index >= 15 is 0 Å². The molecular weight excluding hydrogens is 248 g/mol. The van der Waals surface area contributed by atoms with Crippen LogP contribution in [0.15, 0.2) is 6.07 Å². The van der Waals surface area contributed by atoms with Crippen LogP contribution in [0.5, 0.6) is 0 Å². The number of aryl methyl sites for hydroxylation is 3. The van der Waals surface area contributed by atoms with Gasteiger partial charge in [0.15, 0.2) is 0 Å². The molecule has 2 N–H and O–H groups in total. The maximum atomic E-state index is 8.96. The molecule has 0 fully saturated rings. The molecule has 1 unspecified atom stereocenters. The van der Waals surface area contributed by atoms with E-state index in [2.05, 4.69) is 51.0 Å². The Labute approximate surface area is 123 Å². The van der Waals surface area contributed by atoms with E-state index < -0.39 is 0 Å². The average Bonchev–Trinajstić information content (AvgIpc) is 2.33. The lowest BCUT2D eigenvalue weighted by Crippen LogP contribution is -2.32. The second kappa shape index (κ2) is 7.19. The van der Waals surface area contributed by atoms with Crippen molar-refractivity contribution in [3.05, 3.63) is 28.6 Å². The largest absolute Gasteiger partial charge is 0.396 e. The summed E-state index contributed by atoms with van der Waals surface area (Å²) in [4.78, 5) is 4.58. The van der Waals surface area contributed by atoms with Gasteiger partial charge in [0.1, 0.15) is 0 Å². The van der Waals surface area contributed by atoms with Crippen LogP contribution < -0.4 is 5.32 Å². The van der Waals surface area contributed by atoms with E-state index in [0.717, 1.165) is 30.8 Å². The summed E-state index contributed by atoms with van der Waals surface area (Å²) in [5, 5.41) is 12.6. The molecule has 1 heterocycles. The Kier molecular flexibility index (Phi) is 6.15. The lowest BCUT2D eigenvalue weighted by Gasteiger charge is -2.28. The van der Waals surface area contributed by atoms with Crippen molar-refractivity contribution in [2.75, 3.05) is 13.2 Å². The van der Waals surface area contributed by atoms with Gasteiger partial charge in [0.25, 0.3) is 0 Å². The number of aliphatic hydroxyl groups is 1. The maximum Gasteiger partial charge on any atom is 0.0431 e. The van der Waals surface area contributed by atoms with Crippen molar-refractivity contribution in [3.8, 4) is 0 Å². The zero-order valence-electron chi connectivity index (χ0n) is 13.9. The molecule has 1 aromatic heterocycles. The molecule has 3 heteroatoms. The fourth-order valence-electron chi connectivity index (χ4n) is 2.87. The first-order valence-corrected chi connectivity index (χ1v) is 7.56. The summed E-state index contributed by atoms with van der Waals surface area (Å²) < 4.78 is 0. The number of pyridine rings is 1. The Bertz CT molecular complexity index is 418. The molecule has 1 aromatic rings. The van der Waals surface area contributed by atoms with Crippen LogP contribution in [0.1, 0.15) is 62.2 Å². The number of aliphatic hydroxyl groups excluding tert-OH is 1. The third-order valence-electron chi connectivity index (χ3n) is 3.92. The van der Waals surface area contributed by atoms with E-state index in [1.807, 2.05) is 6.92 Å². The Morgan fingerprint density at radius 2 is 1.95 bits per heavy atom. The van der Waals surface area contributed by atoms with Gasteiger partial charge in [0.05, 0.1) is 0 Å². The standard InChI is InChI=1S/C17H30N2O/c1-12-10-13(2)19-15(4)16(12)14(3)18-11-17(5,6)8-7-9-20/h10,14,18,20H,7-9,11H2,1-6H3. The molecule has 0 spiro atoms. The van der Waals surface area contributed by atoms with Gasteiger partial charge in [-0.05, 0) is 63.1 Å². The van der Waals surface area contributed by atoms with Crippen LogP contribution >= 0.6 is 0 Å². The number of nitrogens with zero attached hydrogens (tertiary/aromatic N) is 1. The molecule has 0 aliphatic rings. The highest BCUT2D eigenvalue weighted by atomic mass is 16.2. The summed E-state index contributed by atoms with van der Waals surface area (Å²) in [6.45, 7) is 14.2. The molecule has 1 rings (SSSR count). The summed E-state index contributed by atoms with van der Waals surface area (Å²) in [7, 11) is 0. The number of hydrogen-bond donors (Lipinski definition) is 2. The van der Waals surface area contributed by atoms with Crippen LogP contribution in [0.4, 0.5) is 0 Å². The predicted octanol–water partition coefficient (Wildman–Crippen LogP) is 3.46. The molecule has 0 radical (unpaired) electrons. The van der Waals surface area contributed by atoms with Gasteiger partial charge in [-0.2, -0.15) is 0 Å². The Morgan fingerprint density at radius 3 is 2.50 bits per heavy atom. The Hall–Kier alpha value is -0.930. The van der Waals surface area contributed by atoms with Gasteiger partial charge in [-0.1, -0.05) is 13.8 Å². The predicted molar refractivity (Wildman–Crippen MR) is 85.0 cm³/mol. The molecule has 0 aliphatic heterocycles. The smallest absolute Gasteiger partial charge is 0.0431 e. The van der Waals surface area contributed by atoms with Crippen molar-refractivity contribution in [1.29, 1.82) is 0 Å². The second-order valence-corrected chi connectivity index (χ2v) is 6.67. The molecule has 0 saturated carbocycles. The zero-order valence-corrected chi connectivity index (χ0v) is 13.9. The first-order valence-electron chi connectivity index (χ1n) is 7.56. The SMILES string of the molecule is Cc1cc(C)c(C(C)NCC(C)(C)CCCO)c(C)n1. The van der Waals surface area contributed by atoms with Gasteiger partial charge in [0, 0.05) is 30.6 Å². The van der Waals surface area contributed by atoms with Gasteiger partial charge >= 0.3 is 0 Å². The van der Waals surface area contributed by atoms with Gasteiger partial charge < -0.3 is 10.4 Å². The topological polar surface area (TPSA) is 45.1 Å². The molecule has 0 bridgehead atoms. The van der Waals surface area contributed by atoms with E-state index in [9.17, 15) is 0 Å². The van der Waals surface area contributed by atoms with Gasteiger partial charge in [-0.25, -0.2) is 0 Å². The number of rotatable bonds is 7. The van der Waals surface area contributed by atoms with Crippen molar-refractivity contribution in [1.82, 2.24) is 10.3 Å². The molecule has 0 saturated heterocycles. The highest BCUT2D eigenvalue weighted by Crippen LogP contribution is 2.25. The van der Waals surface area contributed by atoms with Crippen LogP contribution in [0.3, 0.4) is 0 Å². The quantitative estimate of drug-likeness (QED) is 0.803. The van der Waals surface area contributed by atoms with Crippen molar-refractivity contribution < 1.29 is 5.11 Å². The number of nitrogens with one attached hydrogen (secondary N) is 1. The summed E-state index contributed by atoms with van der Waals surface area (Å²) in [6, 6.07) is 2.45. The monoisotopic (exact) mass is 278 g/mol. The molecular formula is C17H30N2O. The number of hydrogen-bond acceptors (Lipinski definition) is 3. The van der Waals surface area contributed by atoms with Crippen LogP contribution in [0.25, 0.3) is 0 Å². The van der Waals surface area contributed by atoms with Crippen LogP contribution in [-0.4, -0.2) is 23.2 Å². The third-order valence-corrected chi connectivity index (χ3v) is 3.92. The minimum atomic E-state index is 0.205. The number of aromatic nitrogens is 1. The fourth-order valence-corrected chi connectivity index (χ4v) is 2.87. The van der Waals surface area contributed by atoms with Gasteiger partial charge in [-0.3, -0.25) is 4.98 Å². The van der Waals surface area contributed by atoms with Gasteiger partial charge in [-0.15, -0.1) is 0 Å². The van der Waals surface area contributed by atoms with E-state index in [1.54, 1.807) is 0 Å². The lowest BCUT2D eigenvalue weighted by atomic mass is 9.87. The molecule has 1 atom stereocenters. The van der Waals surface area contributed by atoms with E-state index in [-0.39, 0.29) is 12.0 Å². The minimum absolute atomic E-state index is 0.205. The van der Waals surface area contributed by atoms with E-state index in [4.69, 9.17) is 5.11 Å². The third kappa shape index (κ3) is 4.88. The van der Waals surface area contributed by atoms with Crippen LogP contribution in [0.2, 0.25) is 0 Å². The van der Waals surface area contributed by atoms with E-state index in [1.165, 1.54) is 11.1 Å². The summed E-state index contributed by atoms with van der Waals surface area (Å²) in [5.41, 5.74) is 5.03. The van der Waals surface area contributed by atoms with E-state index in [0.29, 0.717) is 6.04 Å². The normalized spacial score (nSPS) is 13.6. The van der Waals surface area contributed by atoms with Gasteiger partial charge in [0.2, 0.25) is 0 Å². The molecule has 20 heavy (non-hydrogen) atoms. The lowest BCUT2D eigenvalue weighted by molar-refractivity contribution is 0.233. The van der Waals surface area contributed by atoms with Crippen LogP contribution in [0, 0.1) is 26.2 Å².